The van der Waals surface area contributed by atoms with Gasteiger partial charge in [0.15, 0.2) is 11.0 Å². The fourth-order valence-electron chi connectivity index (χ4n) is 3.29. The van der Waals surface area contributed by atoms with Gasteiger partial charge in [0, 0.05) is 30.2 Å². The average Bonchev–Trinajstić information content (AvgIpc) is 3.12. The molecule has 30 heavy (non-hydrogen) atoms. The molecule has 0 saturated heterocycles. The number of hydrogen-bond acceptors (Lipinski definition) is 5. The number of aryl methyl sites for hydroxylation is 1. The fourth-order valence-corrected chi connectivity index (χ4v) is 4.17. The number of pyridine rings is 1. The second kappa shape index (κ2) is 9.89. The zero-order valence-electron chi connectivity index (χ0n) is 18.2. The molecule has 0 aliphatic heterocycles. The monoisotopic (exact) mass is 423 g/mol. The summed E-state index contributed by atoms with van der Waals surface area (Å²) in [5, 5.41) is 12.3. The van der Waals surface area contributed by atoms with Crippen molar-refractivity contribution in [1.29, 1.82) is 0 Å². The van der Waals surface area contributed by atoms with E-state index in [4.69, 9.17) is 0 Å². The second-order valence-corrected chi connectivity index (χ2v) is 8.94. The quantitative estimate of drug-likeness (QED) is 0.498. The van der Waals surface area contributed by atoms with Crippen molar-refractivity contribution in [1.82, 2.24) is 19.7 Å². The first kappa shape index (κ1) is 22.0. The first-order valence-electron chi connectivity index (χ1n) is 10.3. The Kier molecular flexibility index (Phi) is 7.26. The molecule has 1 aromatic carbocycles. The zero-order valence-corrected chi connectivity index (χ0v) is 19.0. The van der Waals surface area contributed by atoms with Crippen LogP contribution < -0.4 is 5.32 Å². The highest BCUT2D eigenvalue weighted by molar-refractivity contribution is 8.00. The van der Waals surface area contributed by atoms with Crippen molar-refractivity contribution in [3.05, 3.63) is 53.9 Å². The molecule has 2 aromatic heterocycles. The lowest BCUT2D eigenvalue weighted by Gasteiger charge is -2.18. The summed E-state index contributed by atoms with van der Waals surface area (Å²) in [6.07, 6.45) is 4.45. The van der Waals surface area contributed by atoms with Crippen molar-refractivity contribution in [3.63, 3.8) is 0 Å². The Labute approximate surface area is 182 Å². The number of para-hydroxylation sites is 1. The Balaban J connectivity index is 1.80. The molecular formula is C23H29N5OS. The number of nitrogens with one attached hydrogen (secondary N) is 1. The SMILES string of the molecule is CCCn1c(SC(C)C(=O)Nc2c(C)cccc2C(C)C)nnc1-c1ccncc1. The number of thioether (sulfide) groups is 1. The molecule has 3 rings (SSSR count). The molecule has 6 nitrogen and oxygen atoms in total. The smallest absolute Gasteiger partial charge is 0.237 e. The molecule has 1 atom stereocenters. The van der Waals surface area contributed by atoms with E-state index in [1.54, 1.807) is 12.4 Å². The van der Waals surface area contributed by atoms with Gasteiger partial charge in [-0.3, -0.25) is 9.78 Å². The fraction of sp³-hybridized carbons (Fsp3) is 0.391. The number of aromatic nitrogens is 4. The van der Waals surface area contributed by atoms with Crippen molar-refractivity contribution in [2.24, 2.45) is 0 Å². The van der Waals surface area contributed by atoms with E-state index in [-0.39, 0.29) is 11.2 Å². The van der Waals surface area contributed by atoms with E-state index in [0.29, 0.717) is 5.92 Å². The summed E-state index contributed by atoms with van der Waals surface area (Å²) >= 11 is 1.43. The highest BCUT2D eigenvalue weighted by atomic mass is 32.2. The van der Waals surface area contributed by atoms with E-state index in [9.17, 15) is 4.79 Å². The minimum absolute atomic E-state index is 0.0345. The summed E-state index contributed by atoms with van der Waals surface area (Å²) in [4.78, 5) is 17.1. The van der Waals surface area contributed by atoms with Crippen LogP contribution in [0.3, 0.4) is 0 Å². The number of hydrogen-bond donors (Lipinski definition) is 1. The lowest BCUT2D eigenvalue weighted by Crippen LogP contribution is -2.24. The number of carbonyl (C=O) groups excluding carboxylic acids is 1. The van der Waals surface area contributed by atoms with Crippen molar-refractivity contribution in [2.75, 3.05) is 5.32 Å². The number of benzene rings is 1. The highest BCUT2D eigenvalue weighted by Crippen LogP contribution is 2.30. The molecule has 0 radical (unpaired) electrons. The van der Waals surface area contributed by atoms with E-state index in [2.05, 4.69) is 51.9 Å². The van der Waals surface area contributed by atoms with Gasteiger partial charge in [0.05, 0.1) is 5.25 Å². The maximum atomic E-state index is 13.0. The van der Waals surface area contributed by atoms with Gasteiger partial charge in [-0.05, 0) is 49.4 Å². The van der Waals surface area contributed by atoms with Crippen LogP contribution in [0.2, 0.25) is 0 Å². The molecule has 0 bridgehead atoms. The summed E-state index contributed by atoms with van der Waals surface area (Å²) < 4.78 is 2.08. The van der Waals surface area contributed by atoms with Gasteiger partial charge in [-0.1, -0.05) is 50.7 Å². The van der Waals surface area contributed by atoms with E-state index in [1.807, 2.05) is 38.1 Å². The maximum absolute atomic E-state index is 13.0. The van der Waals surface area contributed by atoms with Crippen molar-refractivity contribution in [3.8, 4) is 11.4 Å². The van der Waals surface area contributed by atoms with Gasteiger partial charge in [0.2, 0.25) is 5.91 Å². The van der Waals surface area contributed by atoms with E-state index in [0.717, 1.165) is 46.3 Å². The molecule has 1 N–H and O–H groups in total. The van der Waals surface area contributed by atoms with Crippen LogP contribution in [0.1, 0.15) is 51.2 Å². The summed E-state index contributed by atoms with van der Waals surface area (Å²) in [5.41, 5.74) is 4.10. The second-order valence-electron chi connectivity index (χ2n) is 7.64. The number of rotatable bonds is 8. The topological polar surface area (TPSA) is 72.7 Å². The minimum Gasteiger partial charge on any atom is -0.325 e. The van der Waals surface area contributed by atoms with Crippen LogP contribution in [0.5, 0.6) is 0 Å². The van der Waals surface area contributed by atoms with Gasteiger partial charge < -0.3 is 9.88 Å². The van der Waals surface area contributed by atoms with Gasteiger partial charge in [0.1, 0.15) is 0 Å². The molecule has 1 unspecified atom stereocenters. The Morgan fingerprint density at radius 2 is 1.87 bits per heavy atom. The normalized spacial score (nSPS) is 12.2. The van der Waals surface area contributed by atoms with E-state index in [1.165, 1.54) is 11.8 Å². The molecule has 7 heteroatoms. The molecule has 0 aliphatic carbocycles. The molecule has 0 saturated carbocycles. The van der Waals surface area contributed by atoms with Gasteiger partial charge in [-0.15, -0.1) is 10.2 Å². The minimum atomic E-state index is -0.310. The van der Waals surface area contributed by atoms with Crippen molar-refractivity contribution < 1.29 is 4.79 Å². The third kappa shape index (κ3) is 4.90. The number of carbonyl (C=O) groups is 1. The van der Waals surface area contributed by atoms with Gasteiger partial charge >= 0.3 is 0 Å². The average molecular weight is 424 g/mol. The number of nitrogens with zero attached hydrogens (tertiary/aromatic N) is 4. The lowest BCUT2D eigenvalue weighted by molar-refractivity contribution is -0.115. The Morgan fingerprint density at radius 1 is 1.13 bits per heavy atom. The largest absolute Gasteiger partial charge is 0.325 e. The lowest BCUT2D eigenvalue weighted by atomic mass is 9.98. The van der Waals surface area contributed by atoms with Crippen LogP contribution in [0, 0.1) is 6.92 Å². The molecule has 3 aromatic rings. The molecule has 2 heterocycles. The van der Waals surface area contributed by atoms with Crippen LogP contribution in [0.25, 0.3) is 11.4 Å². The summed E-state index contributed by atoms with van der Waals surface area (Å²) in [7, 11) is 0. The number of anilines is 1. The first-order chi connectivity index (χ1) is 14.4. The summed E-state index contributed by atoms with van der Waals surface area (Å²) in [5.74, 6) is 1.10. The van der Waals surface area contributed by atoms with Gasteiger partial charge in [0.25, 0.3) is 0 Å². The Hall–Kier alpha value is -2.67. The van der Waals surface area contributed by atoms with Crippen LogP contribution in [0.4, 0.5) is 5.69 Å². The van der Waals surface area contributed by atoms with Gasteiger partial charge in [-0.25, -0.2) is 0 Å². The maximum Gasteiger partial charge on any atom is 0.237 e. The third-order valence-corrected chi connectivity index (χ3v) is 6.01. The van der Waals surface area contributed by atoms with Crippen molar-refractivity contribution in [2.45, 2.75) is 63.9 Å². The third-order valence-electron chi connectivity index (χ3n) is 4.93. The van der Waals surface area contributed by atoms with Crippen LogP contribution >= 0.6 is 11.8 Å². The molecular weight excluding hydrogens is 394 g/mol. The molecule has 0 aliphatic rings. The van der Waals surface area contributed by atoms with E-state index >= 15 is 0 Å². The Morgan fingerprint density at radius 3 is 2.53 bits per heavy atom. The standard InChI is InChI=1S/C23H29N5OS/c1-6-14-28-21(18-10-12-24-13-11-18)26-27-23(28)30-17(5)22(29)25-20-16(4)8-7-9-19(20)15(2)3/h7-13,15,17H,6,14H2,1-5H3,(H,25,29). The highest BCUT2D eigenvalue weighted by Gasteiger charge is 2.22. The number of amides is 1. The Bertz CT molecular complexity index is 1000. The van der Waals surface area contributed by atoms with E-state index < -0.39 is 0 Å². The van der Waals surface area contributed by atoms with Crippen molar-refractivity contribution >= 4 is 23.4 Å². The van der Waals surface area contributed by atoms with Crippen LogP contribution in [-0.4, -0.2) is 30.9 Å². The molecule has 0 spiro atoms. The predicted octanol–water partition coefficient (Wildman–Crippen LogP) is 5.30. The molecule has 0 fully saturated rings. The summed E-state index contributed by atoms with van der Waals surface area (Å²) in [6, 6.07) is 9.98. The van der Waals surface area contributed by atoms with Gasteiger partial charge in [-0.2, -0.15) is 0 Å². The summed E-state index contributed by atoms with van der Waals surface area (Å²) in [6.45, 7) is 11.1. The predicted molar refractivity (Wildman–Crippen MR) is 123 cm³/mol. The van der Waals surface area contributed by atoms with Crippen LogP contribution in [-0.2, 0) is 11.3 Å². The van der Waals surface area contributed by atoms with Crippen LogP contribution in [0.15, 0.2) is 47.9 Å². The molecule has 158 valence electrons. The molecule has 1 amide bonds. The zero-order chi connectivity index (χ0) is 21.7. The first-order valence-corrected chi connectivity index (χ1v) is 11.2.